The second-order valence-corrected chi connectivity index (χ2v) is 4.56. The van der Waals surface area contributed by atoms with E-state index in [1.165, 1.54) is 6.92 Å². The molecule has 0 aromatic carbocycles. The van der Waals surface area contributed by atoms with E-state index in [0.717, 1.165) is 18.7 Å². The molecular weight excluding hydrogens is 232 g/mol. The number of halogens is 4. The summed E-state index contributed by atoms with van der Waals surface area (Å²) in [5.41, 5.74) is 0. The first-order valence-electron chi connectivity index (χ1n) is 4.56. The van der Waals surface area contributed by atoms with Crippen LogP contribution in [0.15, 0.2) is 0 Å². The molecule has 0 radical (unpaired) electrons. The average molecular weight is 246 g/mol. The maximum atomic E-state index is 12.9. The molecule has 0 bridgehead atoms. The molecule has 0 spiro atoms. The van der Waals surface area contributed by atoms with Crippen molar-refractivity contribution in [1.82, 2.24) is 0 Å². The highest BCUT2D eigenvalue weighted by atomic mass is 32.2. The summed E-state index contributed by atoms with van der Waals surface area (Å²) < 4.78 is 50.8. The van der Waals surface area contributed by atoms with Crippen molar-refractivity contribution in [2.24, 2.45) is 0 Å². The van der Waals surface area contributed by atoms with E-state index in [4.69, 9.17) is 0 Å². The van der Waals surface area contributed by atoms with Crippen molar-refractivity contribution >= 4 is 16.9 Å². The van der Waals surface area contributed by atoms with Gasteiger partial charge in [0, 0.05) is 19.1 Å². The van der Waals surface area contributed by atoms with Crippen LogP contribution in [0.4, 0.5) is 17.6 Å². The van der Waals surface area contributed by atoms with Gasteiger partial charge in [0.1, 0.15) is 6.17 Å². The third-order valence-electron chi connectivity index (χ3n) is 1.77. The predicted octanol–water partition coefficient (Wildman–Crippen LogP) is 3.38. The Morgan fingerprint density at radius 1 is 1.40 bits per heavy atom. The van der Waals surface area contributed by atoms with Crippen molar-refractivity contribution < 1.29 is 22.4 Å². The number of carbonyl (C=O) groups is 1. The lowest BCUT2D eigenvalue weighted by molar-refractivity contribution is -0.109. The highest BCUT2D eigenvalue weighted by Crippen LogP contribution is 2.30. The van der Waals surface area contributed by atoms with E-state index in [9.17, 15) is 22.4 Å². The molecule has 0 N–H and O–H groups in total. The van der Waals surface area contributed by atoms with E-state index in [1.807, 2.05) is 0 Å². The molecule has 0 heterocycles. The molecule has 2 atom stereocenters. The molecule has 6 heteroatoms. The molecule has 0 aromatic heterocycles. The van der Waals surface area contributed by atoms with Crippen LogP contribution in [0.25, 0.3) is 0 Å². The molecule has 0 saturated heterocycles. The van der Waals surface area contributed by atoms with Crippen LogP contribution in [0.5, 0.6) is 0 Å². The van der Waals surface area contributed by atoms with Gasteiger partial charge in [-0.3, -0.25) is 4.79 Å². The first-order chi connectivity index (χ1) is 6.77. The summed E-state index contributed by atoms with van der Waals surface area (Å²) in [6.45, 7) is 2.09. The highest BCUT2D eigenvalue weighted by molar-refractivity contribution is 8.13. The monoisotopic (exact) mass is 246 g/mol. The predicted molar refractivity (Wildman–Crippen MR) is 52.8 cm³/mol. The molecule has 0 aromatic rings. The zero-order valence-electron chi connectivity index (χ0n) is 8.60. The SMILES string of the molecule is CC(=O)SCCCC(F)(F)C(F)C(C)F. The second kappa shape index (κ2) is 6.35. The van der Waals surface area contributed by atoms with E-state index >= 15 is 0 Å². The Bertz CT molecular complexity index is 208. The lowest BCUT2D eigenvalue weighted by Crippen LogP contribution is -2.36. The molecule has 90 valence electrons. The lowest BCUT2D eigenvalue weighted by Gasteiger charge is -2.21. The number of alkyl halides is 4. The summed E-state index contributed by atoms with van der Waals surface area (Å²) in [7, 11) is 0. The number of hydrogen-bond donors (Lipinski definition) is 0. The minimum absolute atomic E-state index is 0.00954. The van der Waals surface area contributed by atoms with Crippen molar-refractivity contribution in [3.8, 4) is 0 Å². The molecule has 15 heavy (non-hydrogen) atoms. The van der Waals surface area contributed by atoms with Gasteiger partial charge in [-0.25, -0.2) is 17.6 Å². The fourth-order valence-corrected chi connectivity index (χ4v) is 1.57. The van der Waals surface area contributed by atoms with Crippen LogP contribution in [-0.4, -0.2) is 29.1 Å². The number of hydrogen-bond acceptors (Lipinski definition) is 2. The zero-order chi connectivity index (χ0) is 12.1. The molecule has 0 aliphatic rings. The summed E-state index contributed by atoms with van der Waals surface area (Å²) >= 11 is 0.904. The molecule has 0 aliphatic carbocycles. The van der Waals surface area contributed by atoms with Crippen molar-refractivity contribution in [2.75, 3.05) is 5.75 Å². The normalized spacial score (nSPS) is 16.1. The first-order valence-corrected chi connectivity index (χ1v) is 5.55. The molecular formula is C9H14F4OS. The molecule has 0 amide bonds. The van der Waals surface area contributed by atoms with Crippen LogP contribution in [0.2, 0.25) is 0 Å². The first kappa shape index (κ1) is 14.7. The van der Waals surface area contributed by atoms with Crippen LogP contribution in [-0.2, 0) is 4.79 Å². The Balaban J connectivity index is 3.88. The van der Waals surface area contributed by atoms with Gasteiger partial charge in [0.2, 0.25) is 0 Å². The molecule has 0 rings (SSSR count). The quantitative estimate of drug-likeness (QED) is 0.528. The number of carbonyl (C=O) groups excluding carboxylic acids is 1. The van der Waals surface area contributed by atoms with Crippen molar-refractivity contribution in [1.29, 1.82) is 0 Å². The minimum atomic E-state index is -3.65. The smallest absolute Gasteiger partial charge is 0.281 e. The van der Waals surface area contributed by atoms with Gasteiger partial charge in [0.15, 0.2) is 11.3 Å². The summed E-state index contributed by atoms with van der Waals surface area (Å²) in [5, 5.41) is -0.172. The standard InChI is InChI=1S/C9H14F4OS/c1-6(10)8(11)9(12,13)4-3-5-15-7(2)14/h6,8H,3-5H2,1-2H3. The molecule has 2 unspecified atom stereocenters. The summed E-state index contributed by atoms with van der Waals surface area (Å²) in [5.74, 6) is -3.44. The van der Waals surface area contributed by atoms with Gasteiger partial charge < -0.3 is 0 Å². The van der Waals surface area contributed by atoms with Crippen LogP contribution >= 0.6 is 11.8 Å². The van der Waals surface area contributed by atoms with E-state index in [1.54, 1.807) is 0 Å². The van der Waals surface area contributed by atoms with Gasteiger partial charge >= 0.3 is 0 Å². The van der Waals surface area contributed by atoms with Crippen molar-refractivity contribution in [3.63, 3.8) is 0 Å². The molecule has 0 saturated carbocycles. The second-order valence-electron chi connectivity index (χ2n) is 3.28. The fraction of sp³-hybridized carbons (Fsp3) is 0.889. The summed E-state index contributed by atoms with van der Waals surface area (Å²) in [6, 6.07) is 0. The van der Waals surface area contributed by atoms with Gasteiger partial charge in [-0.2, -0.15) is 0 Å². The third-order valence-corrected chi connectivity index (χ3v) is 2.67. The fourth-order valence-electron chi connectivity index (χ4n) is 0.998. The van der Waals surface area contributed by atoms with E-state index in [2.05, 4.69) is 0 Å². The van der Waals surface area contributed by atoms with Crippen molar-refractivity contribution in [3.05, 3.63) is 0 Å². The molecule has 0 aliphatic heterocycles. The maximum absolute atomic E-state index is 12.9. The van der Waals surface area contributed by atoms with Crippen LogP contribution < -0.4 is 0 Å². The Morgan fingerprint density at radius 2 is 1.93 bits per heavy atom. The van der Waals surface area contributed by atoms with E-state index in [-0.39, 0.29) is 17.3 Å². The molecule has 0 fully saturated rings. The summed E-state index contributed by atoms with van der Waals surface area (Å²) in [4.78, 5) is 10.5. The minimum Gasteiger partial charge on any atom is -0.288 e. The average Bonchev–Trinajstić information content (AvgIpc) is 2.10. The topological polar surface area (TPSA) is 17.1 Å². The van der Waals surface area contributed by atoms with Crippen molar-refractivity contribution in [2.45, 2.75) is 45.0 Å². The number of rotatable bonds is 6. The van der Waals surface area contributed by atoms with Crippen LogP contribution in [0.3, 0.4) is 0 Å². The largest absolute Gasteiger partial charge is 0.288 e. The maximum Gasteiger partial charge on any atom is 0.281 e. The Morgan fingerprint density at radius 3 is 2.33 bits per heavy atom. The van der Waals surface area contributed by atoms with Crippen LogP contribution in [0.1, 0.15) is 26.7 Å². The zero-order valence-corrected chi connectivity index (χ0v) is 9.42. The molecule has 1 nitrogen and oxygen atoms in total. The van der Waals surface area contributed by atoms with Gasteiger partial charge in [-0.05, 0) is 13.3 Å². The summed E-state index contributed by atoms with van der Waals surface area (Å²) in [6.07, 6.45) is -5.69. The number of thioether (sulfide) groups is 1. The van der Waals surface area contributed by atoms with Crippen LogP contribution in [0, 0.1) is 0 Å². The van der Waals surface area contributed by atoms with E-state index in [0.29, 0.717) is 0 Å². The Labute approximate surface area is 90.6 Å². The third kappa shape index (κ3) is 6.02. The van der Waals surface area contributed by atoms with Gasteiger partial charge in [0.25, 0.3) is 5.92 Å². The Kier molecular flexibility index (Phi) is 6.24. The van der Waals surface area contributed by atoms with E-state index < -0.39 is 24.7 Å². The van der Waals surface area contributed by atoms with Gasteiger partial charge in [-0.1, -0.05) is 11.8 Å². The highest BCUT2D eigenvalue weighted by Gasteiger charge is 2.42. The lowest BCUT2D eigenvalue weighted by atomic mass is 10.1. The van der Waals surface area contributed by atoms with Gasteiger partial charge in [-0.15, -0.1) is 0 Å². The van der Waals surface area contributed by atoms with Gasteiger partial charge in [0.05, 0.1) is 0 Å². The Hall–Kier alpha value is -0.260.